The number of rotatable bonds is 16. The lowest BCUT2D eigenvalue weighted by atomic mass is 10.2. The van der Waals surface area contributed by atoms with Crippen LogP contribution in [0.3, 0.4) is 0 Å². The fourth-order valence-corrected chi connectivity index (χ4v) is 4.50. The lowest BCUT2D eigenvalue weighted by Crippen LogP contribution is -2.09. The molecule has 15 heteroatoms. The molecule has 6 aromatic carbocycles. The molecule has 0 aliphatic rings. The van der Waals surface area contributed by atoms with Crippen molar-refractivity contribution < 1.29 is 68.4 Å². The van der Waals surface area contributed by atoms with Crippen LogP contribution in [0, 0.1) is 0 Å². The van der Waals surface area contributed by atoms with Gasteiger partial charge >= 0.3 is 23.9 Å². The SMILES string of the molecule is C=CCBr.C=CCOc1ccc(C(=O)O)cc1.C=CCOc1ccc(C(=O)Oc2ccc(OC(=O)c3ccc(OCC=C)cc3)cc2)cc1.CC.CC.O=C(O)c1ccc(O)cc1.Oc1ccc(O)cc1. The van der Waals surface area contributed by atoms with Crippen LogP contribution in [0.25, 0.3) is 0 Å². The Labute approximate surface area is 423 Å². The fraction of sp³-hybridized carbons (Fsp3) is 0.143. The van der Waals surface area contributed by atoms with Crippen molar-refractivity contribution in [1.29, 1.82) is 0 Å². The Morgan fingerprint density at radius 3 is 0.831 bits per heavy atom. The molecule has 14 nitrogen and oxygen atoms in total. The second-order valence-electron chi connectivity index (χ2n) is 12.7. The number of hydrogen-bond donors (Lipinski definition) is 5. The van der Waals surface area contributed by atoms with Gasteiger partial charge in [0.25, 0.3) is 0 Å². The number of carbonyl (C=O) groups is 4. The summed E-state index contributed by atoms with van der Waals surface area (Å²) in [6, 6.07) is 36.7. The van der Waals surface area contributed by atoms with E-state index in [0.717, 1.165) is 5.33 Å². The highest BCUT2D eigenvalue weighted by Crippen LogP contribution is 2.22. The number of alkyl halides is 1. The molecule has 71 heavy (non-hydrogen) atoms. The maximum Gasteiger partial charge on any atom is 0.343 e. The quantitative estimate of drug-likeness (QED) is 0.0200. The number of aromatic hydroxyl groups is 3. The van der Waals surface area contributed by atoms with Crippen molar-refractivity contribution in [1.82, 2.24) is 0 Å². The van der Waals surface area contributed by atoms with Crippen LogP contribution in [0.4, 0.5) is 0 Å². The molecule has 6 aromatic rings. The number of phenols is 3. The highest BCUT2D eigenvalue weighted by atomic mass is 79.9. The molecule has 0 spiro atoms. The summed E-state index contributed by atoms with van der Waals surface area (Å²) in [5, 5.41) is 43.9. The number of hydrogen-bond acceptors (Lipinski definition) is 12. The van der Waals surface area contributed by atoms with E-state index in [1.807, 2.05) is 27.7 Å². The number of phenolic OH excluding ortho intramolecular Hbond substituents is 3. The number of carboxylic acid groups (broad SMARTS) is 2. The largest absolute Gasteiger partial charge is 0.508 e. The third kappa shape index (κ3) is 27.8. The number of benzene rings is 6. The highest BCUT2D eigenvalue weighted by Gasteiger charge is 2.12. The van der Waals surface area contributed by atoms with E-state index in [0.29, 0.717) is 59.7 Å². The van der Waals surface area contributed by atoms with Gasteiger partial charge in [-0.15, -0.1) is 6.58 Å². The van der Waals surface area contributed by atoms with E-state index in [2.05, 4.69) is 42.2 Å². The van der Waals surface area contributed by atoms with E-state index < -0.39 is 23.9 Å². The smallest absolute Gasteiger partial charge is 0.343 e. The third-order valence-corrected chi connectivity index (χ3v) is 8.16. The van der Waals surface area contributed by atoms with E-state index >= 15 is 0 Å². The van der Waals surface area contributed by atoms with E-state index in [1.54, 1.807) is 109 Å². The predicted molar refractivity (Wildman–Crippen MR) is 281 cm³/mol. The summed E-state index contributed by atoms with van der Waals surface area (Å²) >= 11 is 3.13. The lowest BCUT2D eigenvalue weighted by molar-refractivity contribution is 0.0686. The first kappa shape index (κ1) is 62.4. The first-order chi connectivity index (χ1) is 34.2. The minimum Gasteiger partial charge on any atom is -0.508 e. The standard InChI is InChI=1S/C26H22O6.C10H10O3.C7H6O3.C6H6O2.C3H5Br.2C2H6/c1-3-17-29-21-9-5-19(6-10-21)25(27)31-23-13-15-24(16-14-23)32-26(28)20-7-11-22(12-8-20)30-18-4-2;1-2-7-13-9-5-3-8(4-6-9)10(11)12;8-6-3-1-5(2-4-6)7(9)10;7-5-1-2-6(8)4-3-5;1-2-3-4;2*1-2/h3-16H,1-2,17-18H2;2-6H,1,7H2,(H,11,12);1-4,8H,(H,9,10);1-4,7-8H;2H,1,3H2;2*1-2H3. The first-order valence-electron chi connectivity index (χ1n) is 21.7. The summed E-state index contributed by atoms with van der Waals surface area (Å²) in [4.78, 5) is 45.3. The Balaban J connectivity index is 0.00000102. The summed E-state index contributed by atoms with van der Waals surface area (Å²) in [6.45, 7) is 23.3. The second-order valence-corrected chi connectivity index (χ2v) is 13.4. The van der Waals surface area contributed by atoms with E-state index in [9.17, 15) is 19.2 Å². The number of esters is 2. The van der Waals surface area contributed by atoms with Gasteiger partial charge < -0.3 is 49.2 Å². The van der Waals surface area contributed by atoms with Crippen LogP contribution in [0.5, 0.6) is 46.0 Å². The van der Waals surface area contributed by atoms with E-state index in [1.165, 1.54) is 60.7 Å². The summed E-state index contributed by atoms with van der Waals surface area (Å²) in [5.41, 5.74) is 1.20. The average molecular weight is 1040 g/mol. The summed E-state index contributed by atoms with van der Waals surface area (Å²) in [7, 11) is 0. The van der Waals surface area contributed by atoms with Gasteiger partial charge in [0, 0.05) is 5.33 Å². The number of halogens is 1. The van der Waals surface area contributed by atoms with Gasteiger partial charge in [-0.2, -0.15) is 0 Å². The molecule has 0 saturated heterocycles. The number of aromatic carboxylic acids is 2. The van der Waals surface area contributed by atoms with Gasteiger partial charge in [-0.25, -0.2) is 19.2 Å². The molecular weight excluding hydrogens is 977 g/mol. The van der Waals surface area contributed by atoms with Crippen LogP contribution < -0.4 is 23.7 Å². The van der Waals surface area contributed by atoms with Gasteiger partial charge in [-0.3, -0.25) is 0 Å². The molecule has 376 valence electrons. The normalized spacial score (nSPS) is 9.03. The first-order valence-corrected chi connectivity index (χ1v) is 22.8. The number of ether oxygens (including phenoxy) is 5. The Bertz CT molecular complexity index is 2340. The number of allylic oxidation sites excluding steroid dienone is 1. The molecule has 0 saturated carbocycles. The maximum absolute atomic E-state index is 12.3. The zero-order valence-electron chi connectivity index (χ0n) is 40.1. The summed E-state index contributed by atoms with van der Waals surface area (Å²) in [6.07, 6.45) is 6.70. The Morgan fingerprint density at radius 1 is 0.394 bits per heavy atom. The van der Waals surface area contributed by atoms with Crippen LogP contribution in [0.2, 0.25) is 0 Å². The molecule has 0 unspecified atom stereocenters. The summed E-state index contributed by atoms with van der Waals surface area (Å²) in [5.74, 6) is 0.0254. The van der Waals surface area contributed by atoms with Crippen molar-refractivity contribution in [2.75, 3.05) is 25.2 Å². The fourth-order valence-electron chi connectivity index (χ4n) is 4.50. The van der Waals surface area contributed by atoms with Crippen molar-refractivity contribution in [3.8, 4) is 46.0 Å². The predicted octanol–water partition coefficient (Wildman–Crippen LogP) is 13.0. The molecule has 6 rings (SSSR count). The minimum absolute atomic E-state index is 0.0741. The van der Waals surface area contributed by atoms with Crippen LogP contribution in [-0.2, 0) is 0 Å². The molecule has 0 aliphatic heterocycles. The van der Waals surface area contributed by atoms with Crippen molar-refractivity contribution in [2.45, 2.75) is 27.7 Å². The molecule has 0 bridgehead atoms. The molecule has 0 heterocycles. The van der Waals surface area contributed by atoms with Crippen molar-refractivity contribution in [3.63, 3.8) is 0 Å². The Kier molecular flexibility index (Phi) is 33.8. The maximum atomic E-state index is 12.3. The molecule has 0 amide bonds. The third-order valence-electron chi connectivity index (χ3n) is 7.70. The average Bonchev–Trinajstić information content (AvgIpc) is 3.40. The van der Waals surface area contributed by atoms with Crippen molar-refractivity contribution >= 4 is 39.8 Å². The molecule has 5 N–H and O–H groups in total. The lowest BCUT2D eigenvalue weighted by Gasteiger charge is -2.08. The molecule has 0 radical (unpaired) electrons. The summed E-state index contributed by atoms with van der Waals surface area (Å²) < 4.78 is 26.7. The highest BCUT2D eigenvalue weighted by molar-refractivity contribution is 9.09. The topological polar surface area (TPSA) is 216 Å². The van der Waals surface area contributed by atoms with Gasteiger partial charge in [0.2, 0.25) is 0 Å². The van der Waals surface area contributed by atoms with Crippen LogP contribution in [-0.4, -0.2) is 74.6 Å². The Hall–Kier alpha value is -8.56. The van der Waals surface area contributed by atoms with E-state index in [-0.39, 0.29) is 28.4 Å². The zero-order chi connectivity index (χ0) is 53.4. The minimum atomic E-state index is -0.986. The zero-order valence-corrected chi connectivity index (χ0v) is 41.7. The van der Waals surface area contributed by atoms with Gasteiger partial charge in [-0.1, -0.05) is 87.7 Å². The molecule has 0 atom stereocenters. The van der Waals surface area contributed by atoms with Crippen molar-refractivity contribution in [3.05, 3.63) is 218 Å². The molecule has 0 aromatic heterocycles. The van der Waals surface area contributed by atoms with Crippen LogP contribution in [0.1, 0.15) is 69.1 Å². The van der Waals surface area contributed by atoms with Gasteiger partial charge in [0.1, 0.15) is 65.8 Å². The second kappa shape index (κ2) is 38.4. The monoisotopic (exact) mass is 1040 g/mol. The Morgan fingerprint density at radius 2 is 0.606 bits per heavy atom. The van der Waals surface area contributed by atoms with Gasteiger partial charge in [0.05, 0.1) is 22.3 Å². The number of carbonyl (C=O) groups excluding carboxylic acids is 2. The van der Waals surface area contributed by atoms with E-state index in [4.69, 9.17) is 49.2 Å². The number of carboxylic acids is 2. The van der Waals surface area contributed by atoms with Crippen LogP contribution >= 0.6 is 15.9 Å². The molecule has 0 fully saturated rings. The van der Waals surface area contributed by atoms with Gasteiger partial charge in [-0.05, 0) is 146 Å². The van der Waals surface area contributed by atoms with Crippen molar-refractivity contribution in [2.24, 2.45) is 0 Å². The van der Waals surface area contributed by atoms with Gasteiger partial charge in [0.15, 0.2) is 0 Å². The van der Waals surface area contributed by atoms with Crippen LogP contribution in [0.15, 0.2) is 196 Å². The molecule has 0 aliphatic carbocycles. The molecular formula is C56H61BrO14.